The summed E-state index contributed by atoms with van der Waals surface area (Å²) in [6.45, 7) is 2.70. The average Bonchev–Trinajstić information content (AvgIpc) is 2.50. The Hall–Kier alpha value is -1.62. The zero-order valence-corrected chi connectivity index (χ0v) is 17.1. The molecule has 5 nitrogen and oxygen atoms in total. The van der Waals surface area contributed by atoms with Gasteiger partial charge in [0.05, 0.1) is 27.6 Å². The minimum atomic E-state index is -0.943. The maximum atomic E-state index is 11.9. The number of hydrogen-bond acceptors (Lipinski definition) is 3. The standard InChI is InChI=1S/C21H37NO4/c1-5-6-7-8-9-10-11-12-13-14-15-16-21(25)26-19(17-20(23)24)18-22(2,3)4/h9-10,12-13,19H,5-8,11,14-18H2,1-4H3/p+1/b10-9-,13-12-. The Morgan fingerprint density at radius 3 is 2.15 bits per heavy atom. The number of nitrogens with zero attached hydrogens (tertiary/aromatic N) is 1. The number of carboxylic acids is 1. The highest BCUT2D eigenvalue weighted by atomic mass is 16.5. The first-order valence-electron chi connectivity index (χ1n) is 9.76. The summed E-state index contributed by atoms with van der Waals surface area (Å²) in [5.41, 5.74) is 0. The lowest BCUT2D eigenvalue weighted by Crippen LogP contribution is -2.43. The SMILES string of the molecule is CCCCC/C=C\C/C=C\CCCC(=O)OC(CC(=O)O)C[N+](C)(C)C. The largest absolute Gasteiger partial charge is 0.481 e. The quantitative estimate of drug-likeness (QED) is 0.202. The van der Waals surface area contributed by atoms with E-state index >= 15 is 0 Å². The van der Waals surface area contributed by atoms with Crippen molar-refractivity contribution >= 4 is 11.9 Å². The normalized spacial score (nSPS) is 13.4. The van der Waals surface area contributed by atoms with Crippen LogP contribution in [0.3, 0.4) is 0 Å². The van der Waals surface area contributed by atoms with Gasteiger partial charge < -0.3 is 14.3 Å². The van der Waals surface area contributed by atoms with Crippen LogP contribution in [0.1, 0.15) is 64.7 Å². The van der Waals surface area contributed by atoms with Gasteiger partial charge in [-0.15, -0.1) is 0 Å². The van der Waals surface area contributed by atoms with E-state index in [2.05, 4.69) is 31.2 Å². The van der Waals surface area contributed by atoms with Gasteiger partial charge in [-0.25, -0.2) is 0 Å². The number of unbranched alkanes of at least 4 members (excludes halogenated alkanes) is 4. The Morgan fingerprint density at radius 2 is 1.62 bits per heavy atom. The van der Waals surface area contributed by atoms with Gasteiger partial charge in [0, 0.05) is 6.42 Å². The van der Waals surface area contributed by atoms with Gasteiger partial charge in [-0.2, -0.15) is 0 Å². The number of rotatable bonds is 15. The summed E-state index contributed by atoms with van der Waals surface area (Å²) in [4.78, 5) is 22.8. The molecule has 1 unspecified atom stereocenters. The highest BCUT2D eigenvalue weighted by Gasteiger charge is 2.24. The van der Waals surface area contributed by atoms with E-state index in [0.717, 1.165) is 25.7 Å². The van der Waals surface area contributed by atoms with Crippen molar-refractivity contribution in [3.05, 3.63) is 24.3 Å². The third kappa shape index (κ3) is 17.2. The number of aliphatic carboxylic acids is 1. The third-order valence-electron chi connectivity index (χ3n) is 3.78. The van der Waals surface area contributed by atoms with Crippen LogP contribution in [-0.4, -0.2) is 55.3 Å². The summed E-state index contributed by atoms with van der Waals surface area (Å²) in [6.07, 6.45) is 15.7. The minimum absolute atomic E-state index is 0.147. The summed E-state index contributed by atoms with van der Waals surface area (Å²) < 4.78 is 5.91. The van der Waals surface area contributed by atoms with Crippen molar-refractivity contribution in [3.63, 3.8) is 0 Å². The van der Waals surface area contributed by atoms with E-state index in [1.807, 2.05) is 21.1 Å². The van der Waals surface area contributed by atoms with Crippen LogP contribution in [0.15, 0.2) is 24.3 Å². The molecule has 0 bridgehead atoms. The number of allylic oxidation sites excluding steroid dienone is 4. The van der Waals surface area contributed by atoms with Gasteiger partial charge in [0.25, 0.3) is 0 Å². The Labute approximate surface area is 159 Å². The van der Waals surface area contributed by atoms with Crippen molar-refractivity contribution in [1.82, 2.24) is 0 Å². The lowest BCUT2D eigenvalue weighted by molar-refractivity contribution is -0.873. The molecule has 0 amide bonds. The fourth-order valence-electron chi connectivity index (χ4n) is 2.58. The molecular formula is C21H38NO4+. The molecule has 26 heavy (non-hydrogen) atoms. The number of hydrogen-bond donors (Lipinski definition) is 1. The highest BCUT2D eigenvalue weighted by Crippen LogP contribution is 2.08. The molecule has 0 aliphatic rings. The van der Waals surface area contributed by atoms with E-state index in [4.69, 9.17) is 9.84 Å². The van der Waals surface area contributed by atoms with Crippen molar-refractivity contribution in [3.8, 4) is 0 Å². The Bertz CT molecular complexity index is 449. The first kappa shape index (κ1) is 24.4. The number of esters is 1. The molecule has 1 N–H and O–H groups in total. The first-order chi connectivity index (χ1) is 12.2. The van der Waals surface area contributed by atoms with Gasteiger partial charge in [0.15, 0.2) is 6.10 Å². The number of quaternary nitrogens is 1. The lowest BCUT2D eigenvalue weighted by atomic mass is 10.2. The van der Waals surface area contributed by atoms with E-state index in [-0.39, 0.29) is 12.4 Å². The second-order valence-corrected chi connectivity index (χ2v) is 7.75. The third-order valence-corrected chi connectivity index (χ3v) is 3.78. The summed E-state index contributed by atoms with van der Waals surface area (Å²) >= 11 is 0. The maximum Gasteiger partial charge on any atom is 0.307 e. The zero-order chi connectivity index (χ0) is 19.8. The minimum Gasteiger partial charge on any atom is -0.481 e. The van der Waals surface area contributed by atoms with E-state index in [1.165, 1.54) is 19.3 Å². The van der Waals surface area contributed by atoms with Crippen LogP contribution in [0.25, 0.3) is 0 Å². The van der Waals surface area contributed by atoms with Gasteiger partial charge in [-0.1, -0.05) is 44.1 Å². The van der Waals surface area contributed by atoms with Crippen LogP contribution in [0.5, 0.6) is 0 Å². The molecule has 0 rings (SSSR count). The Balaban J connectivity index is 3.94. The second kappa shape index (κ2) is 14.5. The second-order valence-electron chi connectivity index (χ2n) is 7.75. The summed E-state index contributed by atoms with van der Waals surface area (Å²) in [5, 5.41) is 8.96. The smallest absolute Gasteiger partial charge is 0.307 e. The summed E-state index contributed by atoms with van der Waals surface area (Å²) in [6, 6.07) is 0. The van der Waals surface area contributed by atoms with Gasteiger partial charge in [-0.3, -0.25) is 9.59 Å². The van der Waals surface area contributed by atoms with E-state index in [9.17, 15) is 9.59 Å². The van der Waals surface area contributed by atoms with Gasteiger partial charge >= 0.3 is 11.9 Å². The van der Waals surface area contributed by atoms with Crippen molar-refractivity contribution in [2.75, 3.05) is 27.7 Å². The lowest BCUT2D eigenvalue weighted by Gasteiger charge is -2.28. The van der Waals surface area contributed by atoms with Crippen LogP contribution in [0, 0.1) is 0 Å². The predicted octanol–water partition coefficient (Wildman–Crippen LogP) is 4.33. The van der Waals surface area contributed by atoms with E-state index in [0.29, 0.717) is 17.4 Å². The average molecular weight is 369 g/mol. The van der Waals surface area contributed by atoms with Gasteiger partial charge in [0.1, 0.15) is 6.54 Å². The fourth-order valence-corrected chi connectivity index (χ4v) is 2.58. The molecule has 0 aromatic heterocycles. The molecule has 5 heteroatoms. The van der Waals surface area contributed by atoms with Crippen LogP contribution in [-0.2, 0) is 14.3 Å². The monoisotopic (exact) mass is 368 g/mol. The molecule has 0 radical (unpaired) electrons. The maximum absolute atomic E-state index is 11.9. The van der Waals surface area contributed by atoms with E-state index in [1.54, 1.807) is 0 Å². The molecule has 0 saturated carbocycles. The molecule has 0 aromatic carbocycles. The molecule has 0 fully saturated rings. The van der Waals surface area contributed by atoms with Crippen LogP contribution in [0.2, 0.25) is 0 Å². The number of ether oxygens (including phenoxy) is 1. The topological polar surface area (TPSA) is 63.6 Å². The number of carbonyl (C=O) groups excluding carboxylic acids is 1. The van der Waals surface area contributed by atoms with Gasteiger partial charge in [0.2, 0.25) is 0 Å². The molecular weight excluding hydrogens is 330 g/mol. The van der Waals surface area contributed by atoms with Crippen molar-refractivity contribution in [1.29, 1.82) is 0 Å². The molecule has 0 heterocycles. The first-order valence-corrected chi connectivity index (χ1v) is 9.76. The van der Waals surface area contributed by atoms with Crippen molar-refractivity contribution < 1.29 is 23.9 Å². The van der Waals surface area contributed by atoms with Crippen LogP contribution < -0.4 is 0 Å². The van der Waals surface area contributed by atoms with Gasteiger partial charge in [-0.05, 0) is 32.1 Å². The Kier molecular flexibility index (Phi) is 13.6. The molecule has 1 atom stereocenters. The number of carboxylic acid groups (broad SMARTS) is 1. The van der Waals surface area contributed by atoms with Crippen molar-refractivity contribution in [2.24, 2.45) is 0 Å². The Morgan fingerprint density at radius 1 is 1.00 bits per heavy atom. The summed E-state index contributed by atoms with van der Waals surface area (Å²) in [5.74, 6) is -1.25. The predicted molar refractivity (Wildman–Crippen MR) is 106 cm³/mol. The van der Waals surface area contributed by atoms with Crippen LogP contribution in [0.4, 0.5) is 0 Å². The van der Waals surface area contributed by atoms with E-state index < -0.39 is 12.1 Å². The summed E-state index contributed by atoms with van der Waals surface area (Å²) in [7, 11) is 5.85. The molecule has 0 aliphatic heterocycles. The molecule has 0 spiro atoms. The fraction of sp³-hybridized carbons (Fsp3) is 0.714. The number of likely N-dealkylation sites (N-methyl/N-ethyl adjacent to an activating group) is 1. The van der Waals surface area contributed by atoms with Crippen LogP contribution >= 0.6 is 0 Å². The molecule has 0 aliphatic carbocycles. The molecule has 0 aromatic rings. The molecule has 0 saturated heterocycles. The number of carbonyl (C=O) groups is 2. The van der Waals surface area contributed by atoms with Crippen molar-refractivity contribution in [2.45, 2.75) is 70.8 Å². The molecule has 150 valence electrons. The zero-order valence-electron chi connectivity index (χ0n) is 17.1. The highest BCUT2D eigenvalue weighted by molar-refractivity contribution is 5.71.